The van der Waals surface area contributed by atoms with Crippen molar-refractivity contribution in [3.63, 3.8) is 0 Å². The van der Waals surface area contributed by atoms with E-state index in [2.05, 4.69) is 5.32 Å². The summed E-state index contributed by atoms with van der Waals surface area (Å²) in [7, 11) is 0. The van der Waals surface area contributed by atoms with Crippen molar-refractivity contribution in [2.24, 2.45) is 0 Å². The van der Waals surface area contributed by atoms with E-state index in [4.69, 9.17) is 5.73 Å². The van der Waals surface area contributed by atoms with Crippen molar-refractivity contribution in [1.82, 2.24) is 4.90 Å². The van der Waals surface area contributed by atoms with E-state index in [1.807, 2.05) is 4.90 Å². The van der Waals surface area contributed by atoms with Crippen LogP contribution >= 0.6 is 0 Å². The van der Waals surface area contributed by atoms with E-state index < -0.39 is 11.9 Å². The SMILES string of the molecule is CC(Nc1cccc(F)c1N)C(=O)N1CCCC1. The van der Waals surface area contributed by atoms with Gasteiger partial charge >= 0.3 is 0 Å². The van der Waals surface area contributed by atoms with Crippen LogP contribution in [-0.4, -0.2) is 29.9 Å². The number of rotatable bonds is 3. The molecule has 1 amide bonds. The van der Waals surface area contributed by atoms with Crippen LogP contribution in [0.3, 0.4) is 0 Å². The van der Waals surface area contributed by atoms with Crippen LogP contribution in [0.5, 0.6) is 0 Å². The number of nitrogens with two attached hydrogens (primary N) is 1. The summed E-state index contributed by atoms with van der Waals surface area (Å²) in [5, 5.41) is 2.97. The lowest BCUT2D eigenvalue weighted by Gasteiger charge is -2.22. The number of nitrogens with zero attached hydrogens (tertiary/aromatic N) is 1. The predicted octanol–water partition coefficient (Wildman–Crippen LogP) is 1.83. The summed E-state index contributed by atoms with van der Waals surface area (Å²) in [6.45, 7) is 3.39. The molecule has 0 spiro atoms. The topological polar surface area (TPSA) is 58.4 Å². The summed E-state index contributed by atoms with van der Waals surface area (Å²) in [6, 6.07) is 4.15. The summed E-state index contributed by atoms with van der Waals surface area (Å²) in [6.07, 6.45) is 2.11. The van der Waals surface area contributed by atoms with Gasteiger partial charge in [0.15, 0.2) is 0 Å². The lowest BCUT2D eigenvalue weighted by Crippen LogP contribution is -2.39. The maximum absolute atomic E-state index is 13.3. The first-order valence-corrected chi connectivity index (χ1v) is 6.19. The highest BCUT2D eigenvalue weighted by atomic mass is 19.1. The summed E-state index contributed by atoms with van der Waals surface area (Å²) in [5.41, 5.74) is 6.14. The highest BCUT2D eigenvalue weighted by molar-refractivity contribution is 5.85. The molecule has 0 aromatic heterocycles. The Morgan fingerprint density at radius 2 is 2.11 bits per heavy atom. The molecule has 1 unspecified atom stereocenters. The highest BCUT2D eigenvalue weighted by Gasteiger charge is 2.23. The number of amides is 1. The van der Waals surface area contributed by atoms with Crippen LogP contribution in [0.1, 0.15) is 19.8 Å². The minimum absolute atomic E-state index is 0.0381. The fraction of sp³-hybridized carbons (Fsp3) is 0.462. The molecule has 0 bridgehead atoms. The number of likely N-dealkylation sites (tertiary alicyclic amines) is 1. The number of halogens is 1. The third-order valence-electron chi connectivity index (χ3n) is 3.21. The van der Waals surface area contributed by atoms with Gasteiger partial charge in [0.2, 0.25) is 5.91 Å². The van der Waals surface area contributed by atoms with Gasteiger partial charge in [-0.2, -0.15) is 0 Å². The molecule has 1 aromatic carbocycles. The molecule has 1 aliphatic rings. The van der Waals surface area contributed by atoms with Gasteiger partial charge in [-0.25, -0.2) is 4.39 Å². The van der Waals surface area contributed by atoms with Crippen LogP contribution in [0.4, 0.5) is 15.8 Å². The fourth-order valence-electron chi connectivity index (χ4n) is 2.17. The zero-order valence-corrected chi connectivity index (χ0v) is 10.4. The monoisotopic (exact) mass is 251 g/mol. The van der Waals surface area contributed by atoms with Crippen LogP contribution < -0.4 is 11.1 Å². The van der Waals surface area contributed by atoms with Gasteiger partial charge in [-0.15, -0.1) is 0 Å². The summed E-state index contributed by atoms with van der Waals surface area (Å²) in [4.78, 5) is 13.9. The molecular formula is C13H18FN3O. The quantitative estimate of drug-likeness (QED) is 0.806. The average molecular weight is 251 g/mol. The number of para-hydroxylation sites is 1. The molecule has 1 fully saturated rings. The Morgan fingerprint density at radius 1 is 1.44 bits per heavy atom. The molecule has 0 aliphatic carbocycles. The number of hydrogen-bond donors (Lipinski definition) is 2. The molecular weight excluding hydrogens is 233 g/mol. The number of anilines is 2. The first-order chi connectivity index (χ1) is 8.59. The van der Waals surface area contributed by atoms with Gasteiger partial charge in [-0.05, 0) is 31.9 Å². The van der Waals surface area contributed by atoms with Crippen LogP contribution in [0.15, 0.2) is 18.2 Å². The lowest BCUT2D eigenvalue weighted by molar-refractivity contribution is -0.130. The second-order valence-electron chi connectivity index (χ2n) is 4.60. The molecule has 0 radical (unpaired) electrons. The van der Waals surface area contributed by atoms with Crippen LogP contribution in [-0.2, 0) is 4.79 Å². The maximum Gasteiger partial charge on any atom is 0.244 e. The van der Waals surface area contributed by atoms with Gasteiger partial charge < -0.3 is 16.0 Å². The minimum Gasteiger partial charge on any atom is -0.395 e. The Bertz CT molecular complexity index is 444. The fourth-order valence-corrected chi connectivity index (χ4v) is 2.17. The standard InChI is InChI=1S/C13H18FN3O/c1-9(13(18)17-7-2-3-8-17)16-11-6-4-5-10(14)12(11)15/h4-6,9,16H,2-3,7-8,15H2,1H3. The molecule has 1 aliphatic heterocycles. The van der Waals surface area contributed by atoms with Crippen molar-refractivity contribution >= 4 is 17.3 Å². The number of carbonyl (C=O) groups excluding carboxylic acids is 1. The Kier molecular flexibility index (Phi) is 3.69. The van der Waals surface area contributed by atoms with Gasteiger partial charge in [-0.3, -0.25) is 4.79 Å². The van der Waals surface area contributed by atoms with Crippen LogP contribution in [0, 0.1) is 5.82 Å². The largest absolute Gasteiger partial charge is 0.395 e. The Balaban J connectivity index is 2.04. The number of nitrogens with one attached hydrogen (secondary N) is 1. The second-order valence-corrected chi connectivity index (χ2v) is 4.60. The van der Waals surface area contributed by atoms with Gasteiger partial charge in [-0.1, -0.05) is 6.07 Å². The zero-order valence-electron chi connectivity index (χ0n) is 10.4. The number of hydrogen-bond acceptors (Lipinski definition) is 3. The Morgan fingerprint density at radius 3 is 2.78 bits per heavy atom. The predicted molar refractivity (Wildman–Crippen MR) is 69.7 cm³/mol. The van der Waals surface area contributed by atoms with Crippen molar-refractivity contribution in [3.05, 3.63) is 24.0 Å². The summed E-state index contributed by atoms with van der Waals surface area (Å²) >= 11 is 0. The highest BCUT2D eigenvalue weighted by Crippen LogP contribution is 2.22. The second kappa shape index (κ2) is 5.25. The van der Waals surface area contributed by atoms with Crippen molar-refractivity contribution < 1.29 is 9.18 Å². The normalized spacial score (nSPS) is 16.7. The summed E-state index contributed by atoms with van der Waals surface area (Å²) < 4.78 is 13.3. The third-order valence-corrected chi connectivity index (χ3v) is 3.21. The molecule has 2 rings (SSSR count). The van der Waals surface area contributed by atoms with E-state index in [-0.39, 0.29) is 11.6 Å². The maximum atomic E-state index is 13.3. The van der Waals surface area contributed by atoms with Gasteiger partial charge in [0, 0.05) is 13.1 Å². The Labute approximate surface area is 106 Å². The molecule has 1 saturated heterocycles. The van der Waals surface area contributed by atoms with Crippen molar-refractivity contribution in [3.8, 4) is 0 Å². The molecule has 1 atom stereocenters. The van der Waals surface area contributed by atoms with Crippen LogP contribution in [0.2, 0.25) is 0 Å². The number of nitrogen functional groups attached to an aromatic ring is 1. The van der Waals surface area contributed by atoms with Crippen molar-refractivity contribution in [2.75, 3.05) is 24.1 Å². The minimum atomic E-state index is -0.471. The van der Waals surface area contributed by atoms with Gasteiger partial charge in [0.05, 0.1) is 11.4 Å². The average Bonchev–Trinajstić information content (AvgIpc) is 2.87. The van der Waals surface area contributed by atoms with E-state index in [9.17, 15) is 9.18 Å². The Hall–Kier alpha value is -1.78. The first-order valence-electron chi connectivity index (χ1n) is 6.19. The number of benzene rings is 1. The molecule has 18 heavy (non-hydrogen) atoms. The van der Waals surface area contributed by atoms with E-state index in [1.165, 1.54) is 6.07 Å². The van der Waals surface area contributed by atoms with Crippen LogP contribution in [0.25, 0.3) is 0 Å². The molecule has 0 saturated carbocycles. The molecule has 1 heterocycles. The molecule has 1 aromatic rings. The zero-order chi connectivity index (χ0) is 13.1. The van der Waals surface area contributed by atoms with Crippen molar-refractivity contribution in [1.29, 1.82) is 0 Å². The van der Waals surface area contributed by atoms with E-state index in [0.29, 0.717) is 5.69 Å². The lowest BCUT2D eigenvalue weighted by atomic mass is 10.2. The third kappa shape index (κ3) is 2.55. The van der Waals surface area contributed by atoms with E-state index >= 15 is 0 Å². The van der Waals surface area contributed by atoms with Crippen molar-refractivity contribution in [2.45, 2.75) is 25.8 Å². The molecule has 98 valence electrons. The molecule has 3 N–H and O–H groups in total. The van der Waals surface area contributed by atoms with Gasteiger partial charge in [0.25, 0.3) is 0 Å². The first kappa shape index (κ1) is 12.7. The summed E-state index contributed by atoms with van der Waals surface area (Å²) in [5.74, 6) is -0.433. The van der Waals surface area contributed by atoms with E-state index in [1.54, 1.807) is 19.1 Å². The molecule has 4 nitrogen and oxygen atoms in total. The molecule has 5 heteroatoms. The smallest absolute Gasteiger partial charge is 0.244 e. The number of carbonyl (C=O) groups is 1. The van der Waals surface area contributed by atoms with E-state index in [0.717, 1.165) is 25.9 Å². The van der Waals surface area contributed by atoms with Gasteiger partial charge in [0.1, 0.15) is 11.9 Å².